The van der Waals surface area contributed by atoms with Crippen LogP contribution in [0.2, 0.25) is 0 Å². The Labute approximate surface area is 189 Å². The van der Waals surface area contributed by atoms with Crippen LogP contribution >= 0.6 is 0 Å². The van der Waals surface area contributed by atoms with Gasteiger partial charge in [-0.05, 0) is 7.05 Å². The molecule has 2 heterocycles. The second kappa shape index (κ2) is 18.4. The molecule has 0 atom stereocenters. The molecule has 30 heavy (non-hydrogen) atoms. The molecule has 0 aromatic rings. The average molecular weight is 542 g/mol. The van der Waals surface area contributed by atoms with Gasteiger partial charge in [0.15, 0.2) is 0 Å². The third-order valence-corrected chi connectivity index (χ3v) is 3.19. The molecule has 0 unspecified atom stereocenters. The Morgan fingerprint density at radius 1 is 0.967 bits per heavy atom. The van der Waals surface area contributed by atoms with Crippen molar-refractivity contribution in [1.29, 1.82) is 0.594 Å². The zero-order valence-corrected chi connectivity index (χ0v) is 18.5. The van der Waals surface area contributed by atoms with E-state index in [1.54, 1.807) is 0 Å². The van der Waals surface area contributed by atoms with Gasteiger partial charge in [0.05, 0.1) is 6.42 Å². The first kappa shape index (κ1) is 29.6. The van der Waals surface area contributed by atoms with Gasteiger partial charge in [-0.1, -0.05) is 7.43 Å². The minimum atomic E-state index is -1.03. The summed E-state index contributed by atoms with van der Waals surface area (Å²) >= 11 is -0.160. The number of hydrogen-bond acceptors (Lipinski definition) is 7. The number of carbonyl (C=O) groups is 6. The topological polar surface area (TPSA) is 167 Å². The van der Waals surface area contributed by atoms with Gasteiger partial charge in [0.1, 0.15) is 0 Å². The van der Waals surface area contributed by atoms with E-state index < -0.39 is 17.8 Å². The second-order valence-electron chi connectivity index (χ2n) is 4.89. The molecule has 0 bridgehead atoms. The summed E-state index contributed by atoms with van der Waals surface area (Å²) < 4.78 is 6.32. The van der Waals surface area contributed by atoms with Gasteiger partial charge >= 0.3 is 33.9 Å². The Hall–Kier alpha value is -2.61. The van der Waals surface area contributed by atoms with Crippen LogP contribution in [0.1, 0.15) is 20.3 Å². The van der Waals surface area contributed by atoms with E-state index in [1.807, 2.05) is 4.93 Å². The molecule has 5 amide bonds. The van der Waals surface area contributed by atoms with Crippen molar-refractivity contribution in [3.05, 3.63) is 24.3 Å². The fourth-order valence-corrected chi connectivity index (χ4v) is 1.85. The van der Waals surface area contributed by atoms with Crippen molar-refractivity contribution in [3.8, 4) is 0 Å². The number of halogens is 1. The van der Waals surface area contributed by atoms with Crippen LogP contribution in [-0.2, 0) is 28.8 Å². The summed E-state index contributed by atoms with van der Waals surface area (Å²) in [6, 6.07) is 0. The number of carboxylic acids is 1. The third-order valence-electron chi connectivity index (χ3n) is 3.19. The van der Waals surface area contributed by atoms with Crippen molar-refractivity contribution >= 4 is 35.5 Å². The first-order valence-corrected chi connectivity index (χ1v) is 10.4. The Kier molecular flexibility index (Phi) is 18.2. The van der Waals surface area contributed by atoms with E-state index in [-0.39, 0.29) is 73.5 Å². The summed E-state index contributed by atoms with van der Waals surface area (Å²) in [6.07, 6.45) is 4.60. The number of aliphatic carboxylic acids is 1. The average Bonchev–Trinajstić information content (AvgIpc) is 3.21. The fraction of sp³-hybridized carbons (Fsp3) is 0.444. The van der Waals surface area contributed by atoms with Crippen LogP contribution in [0.3, 0.4) is 0 Å². The number of carbonyl (C=O) groups excluding carboxylic acids is 5. The van der Waals surface area contributed by atoms with Crippen molar-refractivity contribution in [2.45, 2.75) is 20.3 Å². The van der Waals surface area contributed by atoms with E-state index in [0.29, 0.717) is 0 Å². The number of carboxylic acid groups (broad SMARTS) is 1. The van der Waals surface area contributed by atoms with E-state index in [9.17, 15) is 28.8 Å². The molecule has 12 heteroatoms. The van der Waals surface area contributed by atoms with Crippen LogP contribution in [0.25, 0.3) is 0 Å². The number of alkyl halides is 1. The Bertz CT molecular complexity index is 662. The van der Waals surface area contributed by atoms with Crippen LogP contribution < -0.4 is 33.4 Å². The van der Waals surface area contributed by atoms with Crippen LogP contribution in [0.15, 0.2) is 24.3 Å². The van der Waals surface area contributed by atoms with Gasteiger partial charge in [0, 0.05) is 50.9 Å². The summed E-state index contributed by atoms with van der Waals surface area (Å²) in [7, 11) is 3.01. The molecule has 0 spiro atoms. The van der Waals surface area contributed by atoms with Crippen LogP contribution in [0, 0.1) is 0 Å². The molecule has 0 aromatic heterocycles. The predicted molar refractivity (Wildman–Crippen MR) is 107 cm³/mol. The van der Waals surface area contributed by atoms with E-state index in [2.05, 4.69) is 11.1 Å². The van der Waals surface area contributed by atoms with E-state index in [1.165, 1.54) is 26.2 Å². The molecule has 0 radical (unpaired) electrons. The van der Waals surface area contributed by atoms with E-state index in [4.69, 9.17) is 5.70 Å². The molecule has 0 aliphatic carbocycles. The van der Waals surface area contributed by atoms with Crippen LogP contribution in [0.4, 0.5) is 0 Å². The number of rotatable bonds is 6. The Morgan fingerprint density at radius 2 is 1.27 bits per heavy atom. The summed E-state index contributed by atoms with van der Waals surface area (Å²) in [5.41, 5.74) is 4.50. The first-order chi connectivity index (χ1) is 14.2. The van der Waals surface area contributed by atoms with Gasteiger partial charge in [-0.3, -0.25) is 38.6 Å². The summed E-state index contributed by atoms with van der Waals surface area (Å²) in [6.45, 7) is 0.0876. The number of hydrogen-bond donors (Lipinski definition) is 3. The number of nitrogens with one attached hydrogen (secondary N) is 1. The minimum absolute atomic E-state index is 0. The number of imide groups is 2. The first-order valence-electron chi connectivity index (χ1n) is 8.59. The number of nitrogens with zero attached hydrogens (tertiary/aromatic N) is 2. The van der Waals surface area contributed by atoms with Gasteiger partial charge in [-0.2, -0.15) is 0 Å². The molecular weight excluding hydrogens is 511 g/mol. The zero-order valence-electron chi connectivity index (χ0n) is 17.4. The molecule has 4 N–H and O–H groups in total. The Balaban J connectivity index is -0.000000409. The van der Waals surface area contributed by atoms with Gasteiger partial charge in [0.2, 0.25) is 5.91 Å². The number of amides is 5. The van der Waals surface area contributed by atoms with Crippen molar-refractivity contribution in [2.24, 2.45) is 5.73 Å². The standard InChI is InChI=1S/C8H10N2O3.C7H7NO4.CH4I.CH5N.CH4/c1-9-6(11)4-5-10-7(12)2-3-8(10)13;9-5-1-2-6(10)8(5)4-3-7(11)12;2*1-2;/h2-3H,4-5H2,1H3,(H,9,11);1-2H,3-4H2,(H,11,12);2H,1H3;2H2,1H3;1H4/q;;-1;;/i;;2D;;. The van der Waals surface area contributed by atoms with Crippen molar-refractivity contribution in [2.75, 3.05) is 32.1 Å². The molecule has 2 rings (SSSR count). The quantitative estimate of drug-likeness (QED) is 0.172. The summed E-state index contributed by atoms with van der Waals surface area (Å²) in [5.74, 6) is -2.81. The monoisotopic (exact) mass is 542 g/mol. The molecular formula is C18H30IN4O7-. The molecule has 2 aliphatic heterocycles. The van der Waals surface area contributed by atoms with Gasteiger partial charge in [-0.25, -0.2) is 0 Å². The predicted octanol–water partition coefficient (Wildman–Crippen LogP) is -4.45. The maximum absolute atomic E-state index is 11.0. The van der Waals surface area contributed by atoms with Gasteiger partial charge < -0.3 is 16.2 Å². The molecule has 0 saturated heterocycles. The normalized spacial score (nSPS) is 13.9. The van der Waals surface area contributed by atoms with Crippen molar-refractivity contribution in [1.82, 2.24) is 15.1 Å². The van der Waals surface area contributed by atoms with Crippen LogP contribution in [-0.4, -0.2) is 83.1 Å². The maximum atomic E-state index is 11.0. The molecule has 172 valence electrons. The second-order valence-corrected chi connectivity index (χ2v) is 4.89. The number of nitrogens with two attached hydrogens (primary N) is 1. The molecule has 0 saturated carbocycles. The molecule has 2 aliphatic rings. The molecule has 11 nitrogen and oxygen atoms in total. The summed E-state index contributed by atoms with van der Waals surface area (Å²) in [5, 5.41) is 10.7. The molecule has 0 aromatic carbocycles. The SMILES string of the molecule is C.CN.CNC(=O)CCN1C(=O)C=CC1=O.O=C(O)CCN1C(=O)C=CC1=O.[2H][I-]C. The zero-order chi connectivity index (χ0) is 23.7. The Morgan fingerprint density at radius 3 is 1.53 bits per heavy atom. The fourth-order valence-electron chi connectivity index (χ4n) is 1.85. The molecule has 0 fully saturated rings. The summed E-state index contributed by atoms with van der Waals surface area (Å²) in [4.78, 5) is 68.3. The van der Waals surface area contributed by atoms with Gasteiger partial charge in [-0.15, -0.1) is 0 Å². The van der Waals surface area contributed by atoms with Crippen molar-refractivity contribution < 1.29 is 56.3 Å². The van der Waals surface area contributed by atoms with Gasteiger partial charge in [0.25, 0.3) is 23.6 Å². The van der Waals surface area contributed by atoms with Crippen molar-refractivity contribution in [3.63, 3.8) is 0 Å². The van der Waals surface area contributed by atoms with Crippen LogP contribution in [0.5, 0.6) is 0 Å². The van der Waals surface area contributed by atoms with E-state index >= 15 is 0 Å². The third kappa shape index (κ3) is 12.1. The van der Waals surface area contributed by atoms with E-state index in [0.717, 1.165) is 22.0 Å².